The molecule has 1 saturated heterocycles. The minimum atomic E-state index is -0.359. The maximum atomic E-state index is 11.8. The fourth-order valence-corrected chi connectivity index (χ4v) is 1.99. The summed E-state index contributed by atoms with van der Waals surface area (Å²) in [5.74, 6) is -0.160. The average Bonchev–Trinajstić information content (AvgIpc) is 2.53. The second kappa shape index (κ2) is 4.52. The van der Waals surface area contributed by atoms with Crippen molar-refractivity contribution in [2.75, 3.05) is 20.1 Å². The van der Waals surface area contributed by atoms with E-state index in [1.54, 1.807) is 11.9 Å². The van der Waals surface area contributed by atoms with Crippen molar-refractivity contribution < 1.29 is 9.59 Å². The van der Waals surface area contributed by atoms with Gasteiger partial charge in [-0.15, -0.1) is 0 Å². The van der Waals surface area contributed by atoms with Gasteiger partial charge in [0, 0.05) is 13.6 Å². The molecular formula is C11H17N3O2. The van der Waals surface area contributed by atoms with Gasteiger partial charge in [-0.05, 0) is 11.8 Å². The third-order valence-electron chi connectivity index (χ3n) is 2.75. The van der Waals surface area contributed by atoms with E-state index in [4.69, 9.17) is 5.26 Å². The summed E-state index contributed by atoms with van der Waals surface area (Å²) < 4.78 is 0. The zero-order chi connectivity index (χ0) is 12.3. The molecule has 1 aliphatic heterocycles. The van der Waals surface area contributed by atoms with Crippen LogP contribution in [-0.2, 0) is 9.59 Å². The zero-order valence-corrected chi connectivity index (χ0v) is 9.93. The van der Waals surface area contributed by atoms with Gasteiger partial charge in [0.2, 0.25) is 12.3 Å². The Balaban J connectivity index is 2.69. The monoisotopic (exact) mass is 223 g/mol. The molecule has 0 N–H and O–H groups in total. The van der Waals surface area contributed by atoms with Crippen molar-refractivity contribution in [2.45, 2.75) is 26.3 Å². The van der Waals surface area contributed by atoms with E-state index in [0.717, 1.165) is 0 Å². The lowest BCUT2D eigenvalue weighted by Gasteiger charge is -2.22. The summed E-state index contributed by atoms with van der Waals surface area (Å²) in [6.45, 7) is 4.69. The third kappa shape index (κ3) is 2.72. The number of carbonyl (C=O) groups excluding carboxylic acids is 2. The summed E-state index contributed by atoms with van der Waals surface area (Å²) in [5, 5.41) is 8.98. The van der Waals surface area contributed by atoms with Gasteiger partial charge in [0.25, 0.3) is 0 Å². The minimum Gasteiger partial charge on any atom is -0.339 e. The predicted octanol–water partition coefficient (Wildman–Crippen LogP) is 0.225. The zero-order valence-electron chi connectivity index (χ0n) is 9.93. The number of carbonyl (C=O) groups is 2. The number of likely N-dealkylation sites (N-methyl/N-ethyl adjacent to an activating group) is 1. The molecule has 1 unspecified atom stereocenters. The molecule has 2 amide bonds. The number of likely N-dealkylation sites (tertiary alicyclic amines) is 1. The molecule has 0 saturated carbocycles. The normalized spacial score (nSPS) is 22.6. The first-order valence-corrected chi connectivity index (χ1v) is 5.24. The lowest BCUT2D eigenvalue weighted by molar-refractivity contribution is -0.135. The minimum absolute atomic E-state index is 0.0180. The molecule has 0 bridgehead atoms. The van der Waals surface area contributed by atoms with E-state index in [2.05, 4.69) is 6.07 Å². The van der Waals surface area contributed by atoms with Crippen molar-refractivity contribution in [3.05, 3.63) is 0 Å². The van der Waals surface area contributed by atoms with Gasteiger partial charge in [-0.1, -0.05) is 13.8 Å². The van der Waals surface area contributed by atoms with Crippen LogP contribution in [0.25, 0.3) is 0 Å². The second-order valence-electron chi connectivity index (χ2n) is 5.06. The van der Waals surface area contributed by atoms with Gasteiger partial charge in [0.1, 0.15) is 6.04 Å². The number of rotatable bonds is 3. The summed E-state index contributed by atoms with van der Waals surface area (Å²) in [6, 6.07) is 1.78. The molecule has 0 radical (unpaired) electrons. The quantitative estimate of drug-likeness (QED) is 0.643. The van der Waals surface area contributed by atoms with Crippen molar-refractivity contribution in [1.82, 2.24) is 9.80 Å². The van der Waals surface area contributed by atoms with Crippen LogP contribution < -0.4 is 0 Å². The molecule has 0 aromatic heterocycles. The molecule has 5 nitrogen and oxygen atoms in total. The van der Waals surface area contributed by atoms with Crippen LogP contribution in [0.4, 0.5) is 0 Å². The Morgan fingerprint density at radius 3 is 2.81 bits per heavy atom. The van der Waals surface area contributed by atoms with Crippen LogP contribution in [0.5, 0.6) is 0 Å². The Morgan fingerprint density at radius 2 is 2.31 bits per heavy atom. The van der Waals surface area contributed by atoms with Crippen molar-refractivity contribution in [3.8, 4) is 6.07 Å². The van der Waals surface area contributed by atoms with Gasteiger partial charge in [-0.3, -0.25) is 9.59 Å². The van der Waals surface area contributed by atoms with Gasteiger partial charge < -0.3 is 9.80 Å². The van der Waals surface area contributed by atoms with E-state index >= 15 is 0 Å². The highest BCUT2D eigenvalue weighted by atomic mass is 16.2. The first kappa shape index (κ1) is 12.5. The third-order valence-corrected chi connectivity index (χ3v) is 2.75. The smallest absolute Gasteiger partial charge is 0.243 e. The van der Waals surface area contributed by atoms with Crippen LogP contribution in [0, 0.1) is 16.7 Å². The maximum Gasteiger partial charge on any atom is 0.243 e. The van der Waals surface area contributed by atoms with Crippen molar-refractivity contribution >= 4 is 12.3 Å². The molecule has 1 atom stereocenters. The van der Waals surface area contributed by atoms with Gasteiger partial charge in [0.15, 0.2) is 0 Å². The predicted molar refractivity (Wildman–Crippen MR) is 58.2 cm³/mol. The van der Waals surface area contributed by atoms with Crippen molar-refractivity contribution in [3.63, 3.8) is 0 Å². The molecule has 0 aromatic carbocycles. The van der Waals surface area contributed by atoms with Gasteiger partial charge in [-0.25, -0.2) is 0 Å². The molecule has 16 heavy (non-hydrogen) atoms. The van der Waals surface area contributed by atoms with Crippen LogP contribution in [0.2, 0.25) is 0 Å². The fraction of sp³-hybridized carbons (Fsp3) is 0.727. The Morgan fingerprint density at radius 1 is 1.69 bits per heavy atom. The van der Waals surface area contributed by atoms with Crippen LogP contribution in [0.1, 0.15) is 20.3 Å². The largest absolute Gasteiger partial charge is 0.339 e. The molecule has 1 aliphatic rings. The fourth-order valence-electron chi connectivity index (χ4n) is 1.99. The number of hydrogen-bond acceptors (Lipinski definition) is 3. The first-order valence-electron chi connectivity index (χ1n) is 5.24. The molecule has 1 heterocycles. The van der Waals surface area contributed by atoms with E-state index in [1.165, 1.54) is 4.90 Å². The Kier molecular flexibility index (Phi) is 3.53. The molecule has 5 heteroatoms. The number of nitriles is 1. The van der Waals surface area contributed by atoms with E-state index < -0.39 is 0 Å². The molecule has 1 fully saturated rings. The topological polar surface area (TPSA) is 64.4 Å². The van der Waals surface area contributed by atoms with Gasteiger partial charge in [-0.2, -0.15) is 5.26 Å². The lowest BCUT2D eigenvalue weighted by Crippen LogP contribution is -2.41. The summed E-state index contributed by atoms with van der Waals surface area (Å²) in [5.41, 5.74) is -0.0180. The first-order chi connectivity index (χ1) is 7.39. The van der Waals surface area contributed by atoms with Crippen LogP contribution in [-0.4, -0.2) is 48.3 Å². The SMILES string of the molecule is CN(C=O)CC(=O)N1CC(C)(C)CC1C#N. The molecule has 1 rings (SSSR count). The highest BCUT2D eigenvalue weighted by Gasteiger charge is 2.39. The second-order valence-corrected chi connectivity index (χ2v) is 5.06. The number of nitrogens with zero attached hydrogens (tertiary/aromatic N) is 3. The summed E-state index contributed by atoms with van der Waals surface area (Å²) >= 11 is 0. The summed E-state index contributed by atoms with van der Waals surface area (Å²) in [7, 11) is 1.55. The van der Waals surface area contributed by atoms with Gasteiger partial charge >= 0.3 is 0 Å². The van der Waals surface area contributed by atoms with Crippen LogP contribution in [0.3, 0.4) is 0 Å². The van der Waals surface area contributed by atoms with E-state index in [9.17, 15) is 9.59 Å². The molecule has 0 aliphatic carbocycles. The Labute approximate surface area is 95.6 Å². The summed E-state index contributed by atoms with van der Waals surface area (Å²) in [4.78, 5) is 25.1. The number of hydrogen-bond donors (Lipinski definition) is 0. The maximum absolute atomic E-state index is 11.8. The number of amides is 2. The molecule has 0 spiro atoms. The molecular weight excluding hydrogens is 206 g/mol. The lowest BCUT2D eigenvalue weighted by atomic mass is 9.91. The molecule has 0 aromatic rings. The van der Waals surface area contributed by atoms with Crippen molar-refractivity contribution in [1.29, 1.82) is 5.26 Å². The Hall–Kier alpha value is -1.57. The van der Waals surface area contributed by atoms with E-state index in [1.807, 2.05) is 13.8 Å². The highest BCUT2D eigenvalue weighted by molar-refractivity contribution is 5.81. The average molecular weight is 223 g/mol. The van der Waals surface area contributed by atoms with E-state index in [0.29, 0.717) is 19.4 Å². The Bertz CT molecular complexity index is 333. The standard InChI is InChI=1S/C11H17N3O2/c1-11(2)4-9(5-12)14(7-11)10(16)6-13(3)8-15/h8-9H,4,6-7H2,1-3H3. The van der Waals surface area contributed by atoms with Crippen LogP contribution >= 0.6 is 0 Å². The van der Waals surface area contributed by atoms with Crippen LogP contribution in [0.15, 0.2) is 0 Å². The van der Waals surface area contributed by atoms with E-state index in [-0.39, 0.29) is 23.9 Å². The molecule has 88 valence electrons. The highest BCUT2D eigenvalue weighted by Crippen LogP contribution is 2.33. The van der Waals surface area contributed by atoms with Gasteiger partial charge in [0.05, 0.1) is 12.6 Å². The summed E-state index contributed by atoms with van der Waals surface area (Å²) in [6.07, 6.45) is 1.31. The van der Waals surface area contributed by atoms with Crippen molar-refractivity contribution in [2.24, 2.45) is 5.41 Å².